The molecule has 0 saturated carbocycles. The van der Waals surface area contributed by atoms with E-state index in [4.69, 9.17) is 23.2 Å². The van der Waals surface area contributed by atoms with Gasteiger partial charge in [-0.25, -0.2) is 0 Å². The summed E-state index contributed by atoms with van der Waals surface area (Å²) >= 11 is 11.9. The van der Waals surface area contributed by atoms with E-state index in [1.54, 1.807) is 12.1 Å². The number of carbonyl (C=O) groups excluding carboxylic acids is 1. The number of benzene rings is 1. The van der Waals surface area contributed by atoms with E-state index in [0.29, 0.717) is 16.6 Å². The van der Waals surface area contributed by atoms with Crippen LogP contribution in [0.25, 0.3) is 0 Å². The maximum atomic E-state index is 11.4. The number of hydrogen-bond donors (Lipinski definition) is 2. The second kappa shape index (κ2) is 7.62. The van der Waals surface area contributed by atoms with E-state index in [9.17, 15) is 4.79 Å². The standard InChI is InChI=1S/C13H18Cl2N2O/c1-3-6-16-13(18)8-17-9(2)11-5-4-10(14)7-12(11)15/h4-5,7,9,17H,3,6,8H2,1-2H3,(H,16,18). The van der Waals surface area contributed by atoms with Gasteiger partial charge in [-0.1, -0.05) is 36.2 Å². The lowest BCUT2D eigenvalue weighted by Crippen LogP contribution is -2.35. The summed E-state index contributed by atoms with van der Waals surface area (Å²) in [5, 5.41) is 7.15. The van der Waals surface area contributed by atoms with Crippen LogP contribution in [0.5, 0.6) is 0 Å². The minimum Gasteiger partial charge on any atom is -0.355 e. The van der Waals surface area contributed by atoms with E-state index in [0.717, 1.165) is 12.0 Å². The van der Waals surface area contributed by atoms with Crippen LogP contribution in [0.2, 0.25) is 10.0 Å². The molecule has 1 amide bonds. The molecule has 5 heteroatoms. The highest BCUT2D eigenvalue weighted by Gasteiger charge is 2.10. The van der Waals surface area contributed by atoms with Crippen LogP contribution in [0.15, 0.2) is 18.2 Å². The minimum absolute atomic E-state index is 0.00198. The molecule has 0 aliphatic carbocycles. The molecule has 0 saturated heterocycles. The van der Waals surface area contributed by atoms with Crippen molar-refractivity contribution in [2.75, 3.05) is 13.1 Å². The van der Waals surface area contributed by atoms with Crippen molar-refractivity contribution >= 4 is 29.1 Å². The Morgan fingerprint density at radius 1 is 1.39 bits per heavy atom. The molecule has 1 rings (SSSR count). The Labute approximate surface area is 118 Å². The molecule has 0 radical (unpaired) electrons. The van der Waals surface area contributed by atoms with Gasteiger partial charge in [-0.3, -0.25) is 4.79 Å². The Balaban J connectivity index is 2.50. The first-order valence-corrected chi connectivity index (χ1v) is 6.75. The Bertz CT molecular complexity index is 410. The predicted octanol–water partition coefficient (Wildman–Crippen LogP) is 3.17. The maximum absolute atomic E-state index is 11.4. The summed E-state index contributed by atoms with van der Waals surface area (Å²) in [5.74, 6) is -0.00575. The van der Waals surface area contributed by atoms with Gasteiger partial charge in [0.15, 0.2) is 0 Å². The fourth-order valence-corrected chi connectivity index (χ4v) is 2.11. The van der Waals surface area contributed by atoms with Gasteiger partial charge < -0.3 is 10.6 Å². The highest BCUT2D eigenvalue weighted by Crippen LogP contribution is 2.25. The fraction of sp³-hybridized carbons (Fsp3) is 0.462. The Kier molecular flexibility index (Phi) is 6.47. The highest BCUT2D eigenvalue weighted by molar-refractivity contribution is 6.35. The summed E-state index contributed by atoms with van der Waals surface area (Å²) in [6.45, 7) is 4.96. The number of halogens is 2. The SMILES string of the molecule is CCCNC(=O)CNC(C)c1ccc(Cl)cc1Cl. The summed E-state index contributed by atoms with van der Waals surface area (Å²) in [6.07, 6.45) is 0.935. The zero-order chi connectivity index (χ0) is 13.5. The minimum atomic E-state index is -0.00575. The molecule has 0 aromatic heterocycles. The topological polar surface area (TPSA) is 41.1 Å². The largest absolute Gasteiger partial charge is 0.355 e. The second-order valence-electron chi connectivity index (χ2n) is 4.12. The van der Waals surface area contributed by atoms with Crippen LogP contribution in [-0.2, 0) is 4.79 Å². The number of amides is 1. The number of nitrogens with one attached hydrogen (secondary N) is 2. The fourth-order valence-electron chi connectivity index (χ4n) is 1.54. The van der Waals surface area contributed by atoms with Crippen LogP contribution >= 0.6 is 23.2 Å². The van der Waals surface area contributed by atoms with Crippen molar-refractivity contribution in [3.8, 4) is 0 Å². The van der Waals surface area contributed by atoms with Gasteiger partial charge in [0.05, 0.1) is 6.54 Å². The van der Waals surface area contributed by atoms with Gasteiger partial charge in [-0.05, 0) is 31.0 Å². The van der Waals surface area contributed by atoms with Gasteiger partial charge in [0, 0.05) is 22.6 Å². The van der Waals surface area contributed by atoms with E-state index in [1.807, 2.05) is 19.9 Å². The molecule has 0 aliphatic heterocycles. The molecule has 0 bridgehead atoms. The monoisotopic (exact) mass is 288 g/mol. The normalized spacial score (nSPS) is 12.2. The van der Waals surface area contributed by atoms with E-state index in [-0.39, 0.29) is 18.5 Å². The lowest BCUT2D eigenvalue weighted by molar-refractivity contribution is -0.120. The Hall–Kier alpha value is -0.770. The van der Waals surface area contributed by atoms with Crippen molar-refractivity contribution < 1.29 is 4.79 Å². The smallest absolute Gasteiger partial charge is 0.233 e. The van der Waals surface area contributed by atoms with Gasteiger partial charge in [-0.2, -0.15) is 0 Å². The third-order valence-corrected chi connectivity index (χ3v) is 3.13. The zero-order valence-corrected chi connectivity index (χ0v) is 12.1. The third-order valence-electron chi connectivity index (χ3n) is 2.57. The first-order valence-electron chi connectivity index (χ1n) is 5.99. The van der Waals surface area contributed by atoms with Gasteiger partial charge in [0.2, 0.25) is 5.91 Å². The molecule has 1 aromatic carbocycles. The summed E-state index contributed by atoms with van der Waals surface area (Å²) in [5.41, 5.74) is 0.935. The number of hydrogen-bond acceptors (Lipinski definition) is 2. The molecule has 0 aliphatic rings. The first-order chi connectivity index (χ1) is 8.54. The van der Waals surface area contributed by atoms with E-state index in [1.165, 1.54) is 0 Å². The summed E-state index contributed by atoms with van der Waals surface area (Å²) in [4.78, 5) is 11.4. The molecule has 18 heavy (non-hydrogen) atoms. The third kappa shape index (κ3) is 4.84. The van der Waals surface area contributed by atoms with E-state index >= 15 is 0 Å². The van der Waals surface area contributed by atoms with Crippen molar-refractivity contribution in [3.63, 3.8) is 0 Å². The zero-order valence-electron chi connectivity index (χ0n) is 10.6. The van der Waals surface area contributed by atoms with Gasteiger partial charge in [-0.15, -0.1) is 0 Å². The highest BCUT2D eigenvalue weighted by atomic mass is 35.5. The molecule has 3 nitrogen and oxygen atoms in total. The summed E-state index contributed by atoms with van der Waals surface area (Å²) in [6, 6.07) is 5.36. The molecule has 0 fully saturated rings. The van der Waals surface area contributed by atoms with Crippen LogP contribution in [0.4, 0.5) is 0 Å². The molecule has 100 valence electrons. The molecule has 1 aromatic rings. The lowest BCUT2D eigenvalue weighted by Gasteiger charge is -2.15. The van der Waals surface area contributed by atoms with E-state index in [2.05, 4.69) is 10.6 Å². The van der Waals surface area contributed by atoms with Crippen LogP contribution < -0.4 is 10.6 Å². The van der Waals surface area contributed by atoms with Crippen LogP contribution in [0.3, 0.4) is 0 Å². The molecular weight excluding hydrogens is 271 g/mol. The predicted molar refractivity (Wildman–Crippen MR) is 76.2 cm³/mol. The van der Waals surface area contributed by atoms with Crippen molar-refractivity contribution in [2.24, 2.45) is 0 Å². The van der Waals surface area contributed by atoms with Crippen molar-refractivity contribution in [3.05, 3.63) is 33.8 Å². The molecule has 0 spiro atoms. The average Bonchev–Trinajstić information content (AvgIpc) is 2.33. The van der Waals surface area contributed by atoms with E-state index < -0.39 is 0 Å². The summed E-state index contributed by atoms with van der Waals surface area (Å²) < 4.78 is 0. The van der Waals surface area contributed by atoms with Crippen molar-refractivity contribution in [1.82, 2.24) is 10.6 Å². The maximum Gasteiger partial charge on any atom is 0.233 e. The van der Waals surface area contributed by atoms with Crippen molar-refractivity contribution in [2.45, 2.75) is 26.3 Å². The lowest BCUT2D eigenvalue weighted by atomic mass is 10.1. The van der Waals surface area contributed by atoms with Crippen LogP contribution in [-0.4, -0.2) is 19.0 Å². The Morgan fingerprint density at radius 3 is 2.72 bits per heavy atom. The Morgan fingerprint density at radius 2 is 2.11 bits per heavy atom. The summed E-state index contributed by atoms with van der Waals surface area (Å²) in [7, 11) is 0. The molecule has 1 unspecified atom stereocenters. The van der Waals surface area contributed by atoms with Crippen LogP contribution in [0.1, 0.15) is 31.9 Å². The molecule has 1 atom stereocenters. The number of rotatable bonds is 6. The van der Waals surface area contributed by atoms with Crippen molar-refractivity contribution in [1.29, 1.82) is 0 Å². The van der Waals surface area contributed by atoms with Gasteiger partial charge in [0.25, 0.3) is 0 Å². The molecular formula is C13H18Cl2N2O. The van der Waals surface area contributed by atoms with Crippen LogP contribution in [0, 0.1) is 0 Å². The molecule has 2 N–H and O–H groups in total. The second-order valence-corrected chi connectivity index (χ2v) is 4.96. The average molecular weight is 289 g/mol. The molecule has 0 heterocycles. The van der Waals surface area contributed by atoms with Gasteiger partial charge in [0.1, 0.15) is 0 Å². The first kappa shape index (κ1) is 15.3. The van der Waals surface area contributed by atoms with Gasteiger partial charge >= 0.3 is 0 Å². The quantitative estimate of drug-likeness (QED) is 0.844. The number of carbonyl (C=O) groups is 1.